The SMILES string of the molecule is CN(C)c1c([N+](=O)[O-])cc([N+](=O)[O-])c2c1CCN2. The molecule has 0 atom stereocenters. The highest BCUT2D eigenvalue weighted by Gasteiger charge is 2.32. The van der Waals surface area contributed by atoms with Gasteiger partial charge in [-0.2, -0.15) is 0 Å². The lowest BCUT2D eigenvalue weighted by molar-refractivity contribution is -0.393. The topological polar surface area (TPSA) is 102 Å². The summed E-state index contributed by atoms with van der Waals surface area (Å²) in [7, 11) is 3.37. The van der Waals surface area contributed by atoms with Crippen LogP contribution in [0.3, 0.4) is 0 Å². The molecule has 0 spiro atoms. The number of anilines is 2. The number of nitro benzene ring substituents is 2. The van der Waals surface area contributed by atoms with Gasteiger partial charge in [0, 0.05) is 26.2 Å². The van der Waals surface area contributed by atoms with Gasteiger partial charge in [0.2, 0.25) is 0 Å². The van der Waals surface area contributed by atoms with Crippen LogP contribution in [0.5, 0.6) is 0 Å². The smallest absolute Gasteiger partial charge is 0.299 e. The fourth-order valence-corrected chi connectivity index (χ4v) is 2.23. The van der Waals surface area contributed by atoms with Crippen LogP contribution in [0.4, 0.5) is 22.7 Å². The number of rotatable bonds is 3. The molecular weight excluding hydrogens is 240 g/mol. The molecule has 0 fully saturated rings. The Morgan fingerprint density at radius 3 is 2.33 bits per heavy atom. The van der Waals surface area contributed by atoms with Crippen LogP contribution in [0, 0.1) is 20.2 Å². The molecule has 0 aliphatic carbocycles. The summed E-state index contributed by atoms with van der Waals surface area (Å²) >= 11 is 0. The molecule has 1 aromatic carbocycles. The molecule has 0 saturated carbocycles. The third-order valence-corrected chi connectivity index (χ3v) is 2.88. The maximum Gasteiger partial charge on any atom is 0.299 e. The standard InChI is InChI=1S/C10H12N4O4/c1-12(2)10-6-3-4-11-9(6)7(13(15)16)5-8(10)14(17)18/h5,11H,3-4H2,1-2H3. The molecule has 1 aromatic rings. The summed E-state index contributed by atoms with van der Waals surface area (Å²) in [6.45, 7) is 0.554. The van der Waals surface area contributed by atoms with Crippen molar-refractivity contribution in [1.82, 2.24) is 0 Å². The van der Waals surface area contributed by atoms with E-state index in [0.717, 1.165) is 6.07 Å². The molecule has 8 heteroatoms. The molecule has 0 bridgehead atoms. The average Bonchev–Trinajstić information content (AvgIpc) is 2.73. The van der Waals surface area contributed by atoms with E-state index in [1.165, 1.54) is 0 Å². The van der Waals surface area contributed by atoms with Crippen molar-refractivity contribution in [3.63, 3.8) is 0 Å². The van der Waals surface area contributed by atoms with Gasteiger partial charge in [-0.3, -0.25) is 20.2 Å². The Kier molecular flexibility index (Phi) is 2.77. The lowest BCUT2D eigenvalue weighted by Gasteiger charge is -2.16. The maximum atomic E-state index is 11.0. The van der Waals surface area contributed by atoms with Crippen molar-refractivity contribution in [3.05, 3.63) is 31.9 Å². The Balaban J connectivity index is 2.78. The van der Waals surface area contributed by atoms with Gasteiger partial charge in [0.1, 0.15) is 11.4 Å². The summed E-state index contributed by atoms with van der Waals surface area (Å²) in [5.41, 5.74) is 1.01. The van der Waals surface area contributed by atoms with Crippen LogP contribution >= 0.6 is 0 Å². The maximum absolute atomic E-state index is 11.0. The molecule has 0 aromatic heterocycles. The minimum Gasteiger partial charge on any atom is -0.379 e. The van der Waals surface area contributed by atoms with Crippen molar-refractivity contribution in [3.8, 4) is 0 Å². The van der Waals surface area contributed by atoms with E-state index in [9.17, 15) is 20.2 Å². The van der Waals surface area contributed by atoms with Crippen LogP contribution in [-0.2, 0) is 6.42 Å². The number of nitrogens with one attached hydrogen (secondary N) is 1. The minimum atomic E-state index is -0.594. The van der Waals surface area contributed by atoms with Gasteiger partial charge >= 0.3 is 0 Å². The number of nitrogens with zero attached hydrogens (tertiary/aromatic N) is 3. The van der Waals surface area contributed by atoms with E-state index in [1.54, 1.807) is 19.0 Å². The Morgan fingerprint density at radius 1 is 1.22 bits per heavy atom. The van der Waals surface area contributed by atoms with E-state index in [-0.39, 0.29) is 11.4 Å². The van der Waals surface area contributed by atoms with Crippen molar-refractivity contribution in [2.75, 3.05) is 30.9 Å². The molecule has 2 rings (SSSR count). The molecule has 1 N–H and O–H groups in total. The second-order valence-corrected chi connectivity index (χ2v) is 4.20. The first-order valence-corrected chi connectivity index (χ1v) is 5.33. The predicted octanol–water partition coefficient (Wildman–Crippen LogP) is 1.54. The molecule has 0 unspecified atom stereocenters. The van der Waals surface area contributed by atoms with E-state index >= 15 is 0 Å². The molecule has 18 heavy (non-hydrogen) atoms. The third kappa shape index (κ3) is 1.71. The highest BCUT2D eigenvalue weighted by atomic mass is 16.6. The van der Waals surface area contributed by atoms with Crippen molar-refractivity contribution in [2.45, 2.75) is 6.42 Å². The second-order valence-electron chi connectivity index (χ2n) is 4.20. The van der Waals surface area contributed by atoms with E-state index in [4.69, 9.17) is 0 Å². The van der Waals surface area contributed by atoms with E-state index in [1.807, 2.05) is 0 Å². The Labute approximate surface area is 103 Å². The molecule has 0 saturated heterocycles. The molecule has 1 aliphatic heterocycles. The fourth-order valence-electron chi connectivity index (χ4n) is 2.23. The Morgan fingerprint density at radius 2 is 1.83 bits per heavy atom. The highest BCUT2D eigenvalue weighted by molar-refractivity contribution is 5.84. The first-order chi connectivity index (χ1) is 8.43. The Hall–Kier alpha value is -2.38. The highest BCUT2D eigenvalue weighted by Crippen LogP contribution is 2.44. The van der Waals surface area contributed by atoms with Crippen LogP contribution in [0.25, 0.3) is 0 Å². The molecule has 1 aliphatic rings. The van der Waals surface area contributed by atoms with Gasteiger partial charge in [0.25, 0.3) is 11.4 Å². The van der Waals surface area contributed by atoms with Gasteiger partial charge in [-0.25, -0.2) is 0 Å². The van der Waals surface area contributed by atoms with Gasteiger partial charge in [-0.05, 0) is 6.42 Å². The average molecular weight is 252 g/mol. The van der Waals surface area contributed by atoms with Crippen LogP contribution in [0.1, 0.15) is 5.56 Å². The molecule has 0 radical (unpaired) electrons. The first kappa shape index (κ1) is 12.1. The molecule has 1 heterocycles. The van der Waals surface area contributed by atoms with Gasteiger partial charge in [0.05, 0.1) is 15.9 Å². The Bertz CT molecular complexity index is 541. The number of fused-ring (bicyclic) bond motifs is 1. The van der Waals surface area contributed by atoms with Crippen molar-refractivity contribution >= 4 is 22.7 Å². The van der Waals surface area contributed by atoms with Gasteiger partial charge in [-0.15, -0.1) is 0 Å². The van der Waals surface area contributed by atoms with E-state index < -0.39 is 9.85 Å². The fraction of sp³-hybridized carbons (Fsp3) is 0.400. The van der Waals surface area contributed by atoms with Crippen LogP contribution < -0.4 is 10.2 Å². The zero-order valence-electron chi connectivity index (χ0n) is 9.97. The summed E-state index contributed by atoms with van der Waals surface area (Å²) in [6, 6.07) is 1.02. The number of benzene rings is 1. The normalized spacial score (nSPS) is 12.8. The molecule has 96 valence electrons. The van der Waals surface area contributed by atoms with Gasteiger partial charge in [-0.1, -0.05) is 0 Å². The number of hydrogen-bond donors (Lipinski definition) is 1. The molecule has 8 nitrogen and oxygen atoms in total. The zero-order chi connectivity index (χ0) is 13.4. The number of nitro groups is 2. The van der Waals surface area contributed by atoms with E-state index in [0.29, 0.717) is 29.9 Å². The lowest BCUT2D eigenvalue weighted by Crippen LogP contribution is -2.14. The molecular formula is C10H12N4O4. The quantitative estimate of drug-likeness (QED) is 0.646. The predicted molar refractivity (Wildman–Crippen MR) is 66.3 cm³/mol. The van der Waals surface area contributed by atoms with E-state index in [2.05, 4.69) is 5.32 Å². The zero-order valence-corrected chi connectivity index (χ0v) is 9.97. The van der Waals surface area contributed by atoms with Crippen molar-refractivity contribution in [1.29, 1.82) is 0 Å². The second kappa shape index (κ2) is 4.13. The van der Waals surface area contributed by atoms with Crippen LogP contribution in [-0.4, -0.2) is 30.5 Å². The summed E-state index contributed by atoms with van der Waals surface area (Å²) in [6.07, 6.45) is 0.547. The summed E-state index contributed by atoms with van der Waals surface area (Å²) in [5.74, 6) is 0. The third-order valence-electron chi connectivity index (χ3n) is 2.88. The van der Waals surface area contributed by atoms with Gasteiger partial charge in [0.15, 0.2) is 0 Å². The summed E-state index contributed by atoms with van der Waals surface area (Å²) in [4.78, 5) is 22.4. The lowest BCUT2D eigenvalue weighted by atomic mass is 10.1. The monoisotopic (exact) mass is 252 g/mol. The largest absolute Gasteiger partial charge is 0.379 e. The van der Waals surface area contributed by atoms with Crippen LogP contribution in [0.15, 0.2) is 6.07 Å². The van der Waals surface area contributed by atoms with Crippen LogP contribution in [0.2, 0.25) is 0 Å². The number of hydrogen-bond acceptors (Lipinski definition) is 6. The van der Waals surface area contributed by atoms with Crippen molar-refractivity contribution in [2.24, 2.45) is 0 Å². The summed E-state index contributed by atoms with van der Waals surface area (Å²) < 4.78 is 0. The molecule has 0 amide bonds. The van der Waals surface area contributed by atoms with Crippen molar-refractivity contribution < 1.29 is 9.85 Å². The van der Waals surface area contributed by atoms with Gasteiger partial charge < -0.3 is 10.2 Å². The first-order valence-electron chi connectivity index (χ1n) is 5.33. The minimum absolute atomic E-state index is 0.228. The summed E-state index contributed by atoms with van der Waals surface area (Å²) in [5, 5.41) is 24.9.